The molecule has 1 aromatic heterocycles. The molecule has 1 rings (SSSR count). The van der Waals surface area contributed by atoms with Gasteiger partial charge < -0.3 is 10.6 Å². The fourth-order valence-electron chi connectivity index (χ4n) is 1.55. The average molecular weight is 316 g/mol. The first kappa shape index (κ1) is 14.4. The molecule has 0 aliphatic heterocycles. The first-order valence-corrected chi connectivity index (χ1v) is 6.79. The second-order valence-electron chi connectivity index (χ2n) is 4.30. The number of rotatable bonds is 5. The summed E-state index contributed by atoms with van der Waals surface area (Å²) < 4.78 is 1.03. The van der Waals surface area contributed by atoms with Gasteiger partial charge in [-0.1, -0.05) is 12.2 Å². The number of halogens is 1. The van der Waals surface area contributed by atoms with Crippen LogP contribution in [-0.4, -0.2) is 22.6 Å². The van der Waals surface area contributed by atoms with Gasteiger partial charge in [0.1, 0.15) is 5.82 Å². The topological polar surface area (TPSA) is 42.1 Å². The smallest absolute Gasteiger partial charge is 0.129 e. The van der Waals surface area contributed by atoms with E-state index in [1.165, 1.54) is 5.56 Å². The summed E-state index contributed by atoms with van der Waals surface area (Å²) in [5.74, 6) is 0.969. The number of hydrogen-bond donors (Lipinski definition) is 1. The van der Waals surface area contributed by atoms with Crippen molar-refractivity contribution in [2.45, 2.75) is 33.2 Å². The maximum absolute atomic E-state index is 5.55. The molecule has 17 heavy (non-hydrogen) atoms. The van der Waals surface area contributed by atoms with Gasteiger partial charge in [0.15, 0.2) is 0 Å². The van der Waals surface area contributed by atoms with Crippen LogP contribution in [0.5, 0.6) is 0 Å². The number of nitrogens with two attached hydrogens (primary N) is 1. The highest BCUT2D eigenvalue weighted by atomic mass is 79.9. The predicted molar refractivity (Wildman–Crippen MR) is 80.6 cm³/mol. The standard InChI is InChI=1S/C12H18BrN3S/c1-8(2)16(5-4-11(14)17)12-6-9(3)10(13)7-15-12/h6-8H,4-5H2,1-3H3,(H2,14,17). The molecule has 0 spiro atoms. The van der Waals surface area contributed by atoms with Gasteiger partial charge in [-0.05, 0) is 48.3 Å². The third-order valence-corrected chi connectivity index (χ3v) is 3.58. The second-order valence-corrected chi connectivity index (χ2v) is 5.67. The lowest BCUT2D eigenvalue weighted by Gasteiger charge is -2.28. The Hall–Kier alpha value is -0.680. The number of pyridine rings is 1. The summed E-state index contributed by atoms with van der Waals surface area (Å²) >= 11 is 8.38. The Bertz CT molecular complexity index is 407. The van der Waals surface area contributed by atoms with E-state index in [1.807, 2.05) is 6.20 Å². The zero-order valence-corrected chi connectivity index (χ0v) is 12.8. The largest absolute Gasteiger partial charge is 0.393 e. The summed E-state index contributed by atoms with van der Waals surface area (Å²) in [5, 5.41) is 0. The van der Waals surface area contributed by atoms with Gasteiger partial charge in [-0.2, -0.15) is 0 Å². The van der Waals surface area contributed by atoms with Gasteiger partial charge in [-0.15, -0.1) is 0 Å². The van der Waals surface area contributed by atoms with Gasteiger partial charge in [-0.3, -0.25) is 0 Å². The summed E-state index contributed by atoms with van der Waals surface area (Å²) in [6, 6.07) is 2.45. The highest BCUT2D eigenvalue weighted by Crippen LogP contribution is 2.21. The SMILES string of the molecule is Cc1cc(N(CCC(N)=S)C(C)C)ncc1Br. The fraction of sp³-hybridized carbons (Fsp3) is 0.500. The van der Waals surface area contributed by atoms with Crippen molar-refractivity contribution < 1.29 is 0 Å². The third kappa shape index (κ3) is 4.24. The molecule has 5 heteroatoms. The van der Waals surface area contributed by atoms with E-state index in [4.69, 9.17) is 18.0 Å². The molecule has 0 aromatic carbocycles. The molecule has 94 valence electrons. The highest BCUT2D eigenvalue weighted by molar-refractivity contribution is 9.10. The second kappa shape index (κ2) is 6.31. The van der Waals surface area contributed by atoms with Crippen LogP contribution in [0.4, 0.5) is 5.82 Å². The van der Waals surface area contributed by atoms with E-state index in [1.54, 1.807) is 0 Å². The number of hydrogen-bond acceptors (Lipinski definition) is 3. The van der Waals surface area contributed by atoms with Crippen LogP contribution < -0.4 is 10.6 Å². The first-order chi connectivity index (χ1) is 7.91. The molecule has 0 aliphatic rings. The average Bonchev–Trinajstić information content (AvgIpc) is 2.22. The van der Waals surface area contributed by atoms with Crippen molar-refractivity contribution in [3.63, 3.8) is 0 Å². The van der Waals surface area contributed by atoms with Crippen LogP contribution in [0.2, 0.25) is 0 Å². The molecule has 1 aromatic rings. The molecular weight excluding hydrogens is 298 g/mol. The molecule has 0 amide bonds. The Balaban J connectivity index is 2.89. The van der Waals surface area contributed by atoms with Gasteiger partial charge in [0.2, 0.25) is 0 Å². The number of anilines is 1. The molecule has 0 radical (unpaired) electrons. The highest BCUT2D eigenvalue weighted by Gasteiger charge is 2.12. The van der Waals surface area contributed by atoms with E-state index in [-0.39, 0.29) is 0 Å². The minimum absolute atomic E-state index is 0.373. The minimum Gasteiger partial charge on any atom is -0.393 e. The van der Waals surface area contributed by atoms with Crippen molar-refractivity contribution in [3.05, 3.63) is 22.3 Å². The van der Waals surface area contributed by atoms with Crippen molar-refractivity contribution in [1.29, 1.82) is 0 Å². The lowest BCUT2D eigenvalue weighted by atomic mass is 10.2. The quantitative estimate of drug-likeness (QED) is 0.848. The molecule has 0 aliphatic carbocycles. The van der Waals surface area contributed by atoms with Crippen molar-refractivity contribution in [2.24, 2.45) is 5.73 Å². The zero-order valence-electron chi connectivity index (χ0n) is 10.4. The summed E-state index contributed by atoms with van der Waals surface area (Å²) in [5.41, 5.74) is 6.73. The van der Waals surface area contributed by atoms with Gasteiger partial charge in [0, 0.05) is 29.7 Å². The zero-order chi connectivity index (χ0) is 13.0. The Morgan fingerprint density at radius 2 is 2.24 bits per heavy atom. The van der Waals surface area contributed by atoms with E-state index in [2.05, 4.69) is 52.7 Å². The van der Waals surface area contributed by atoms with Gasteiger partial charge in [0.05, 0.1) is 4.99 Å². The van der Waals surface area contributed by atoms with Crippen LogP contribution in [0.3, 0.4) is 0 Å². The Kier molecular flexibility index (Phi) is 5.33. The summed E-state index contributed by atoms with van der Waals surface area (Å²) in [4.78, 5) is 7.19. The summed E-state index contributed by atoms with van der Waals surface area (Å²) in [6.07, 6.45) is 2.55. The number of nitrogens with zero attached hydrogens (tertiary/aromatic N) is 2. The van der Waals surface area contributed by atoms with Crippen LogP contribution in [-0.2, 0) is 0 Å². The molecule has 1 heterocycles. The molecule has 2 N–H and O–H groups in total. The van der Waals surface area contributed by atoms with Crippen LogP contribution in [0.1, 0.15) is 25.8 Å². The van der Waals surface area contributed by atoms with Crippen molar-refractivity contribution in [1.82, 2.24) is 4.98 Å². The maximum atomic E-state index is 5.55. The van der Waals surface area contributed by atoms with Crippen LogP contribution in [0.25, 0.3) is 0 Å². The normalized spacial score (nSPS) is 10.6. The van der Waals surface area contributed by atoms with Crippen molar-refractivity contribution in [2.75, 3.05) is 11.4 Å². The molecular formula is C12H18BrN3S. The molecule has 0 saturated carbocycles. The molecule has 0 atom stereocenters. The fourth-order valence-corrected chi connectivity index (χ4v) is 1.86. The summed E-state index contributed by atoms with van der Waals surface area (Å²) in [7, 11) is 0. The van der Waals surface area contributed by atoms with E-state index in [0.717, 1.165) is 16.8 Å². The van der Waals surface area contributed by atoms with E-state index < -0.39 is 0 Å². The lowest BCUT2D eigenvalue weighted by molar-refractivity contribution is 0.680. The molecule has 0 saturated heterocycles. The molecule has 0 unspecified atom stereocenters. The van der Waals surface area contributed by atoms with Crippen molar-refractivity contribution >= 4 is 39.0 Å². The predicted octanol–water partition coefficient (Wildman–Crippen LogP) is 3.04. The number of aryl methyl sites for hydroxylation is 1. The van der Waals surface area contributed by atoms with E-state index in [9.17, 15) is 0 Å². The number of aromatic nitrogens is 1. The van der Waals surface area contributed by atoms with Crippen LogP contribution in [0.15, 0.2) is 16.7 Å². The minimum atomic E-state index is 0.373. The monoisotopic (exact) mass is 315 g/mol. The third-order valence-electron chi connectivity index (χ3n) is 2.55. The van der Waals surface area contributed by atoms with Crippen LogP contribution >= 0.6 is 28.1 Å². The molecule has 0 fully saturated rings. The number of thiocarbonyl (C=S) groups is 1. The molecule has 3 nitrogen and oxygen atoms in total. The maximum Gasteiger partial charge on any atom is 0.129 e. The van der Waals surface area contributed by atoms with Gasteiger partial charge in [-0.25, -0.2) is 4.98 Å². The van der Waals surface area contributed by atoms with Gasteiger partial charge >= 0.3 is 0 Å². The van der Waals surface area contributed by atoms with E-state index in [0.29, 0.717) is 17.5 Å². The molecule has 0 bridgehead atoms. The lowest BCUT2D eigenvalue weighted by Crippen LogP contribution is -2.34. The van der Waals surface area contributed by atoms with E-state index >= 15 is 0 Å². The Morgan fingerprint density at radius 1 is 1.59 bits per heavy atom. The van der Waals surface area contributed by atoms with Crippen LogP contribution in [0, 0.1) is 6.92 Å². The van der Waals surface area contributed by atoms with Crippen molar-refractivity contribution in [3.8, 4) is 0 Å². The first-order valence-electron chi connectivity index (χ1n) is 5.59. The Morgan fingerprint density at radius 3 is 2.71 bits per heavy atom. The summed E-state index contributed by atoms with van der Waals surface area (Å²) in [6.45, 7) is 7.14. The Labute approximate surface area is 117 Å². The van der Waals surface area contributed by atoms with Gasteiger partial charge in [0.25, 0.3) is 0 Å².